The summed E-state index contributed by atoms with van der Waals surface area (Å²) in [6, 6.07) is 16.5. The highest BCUT2D eigenvalue weighted by molar-refractivity contribution is 7.13. The van der Waals surface area contributed by atoms with Gasteiger partial charge in [0.1, 0.15) is 16.5 Å². The molecular formula is C23H27N3O2S. The molecule has 1 saturated heterocycles. The van der Waals surface area contributed by atoms with Gasteiger partial charge in [-0.05, 0) is 42.8 Å². The number of ether oxygens (including phenoxy) is 2. The van der Waals surface area contributed by atoms with Crippen LogP contribution in [0, 0.1) is 0 Å². The number of anilines is 1. The fraction of sp³-hybridized carbons (Fsp3) is 0.348. The Kier molecular flexibility index (Phi) is 6.32. The van der Waals surface area contributed by atoms with Crippen molar-refractivity contribution >= 4 is 17.0 Å². The van der Waals surface area contributed by atoms with Crippen LogP contribution in [0.2, 0.25) is 0 Å². The summed E-state index contributed by atoms with van der Waals surface area (Å²) in [5.74, 6) is 1.77. The van der Waals surface area contributed by atoms with Crippen LogP contribution in [0.25, 0.3) is 10.6 Å². The van der Waals surface area contributed by atoms with Crippen LogP contribution in [0.1, 0.15) is 12.1 Å². The van der Waals surface area contributed by atoms with Crippen molar-refractivity contribution in [3.8, 4) is 22.1 Å². The van der Waals surface area contributed by atoms with Crippen LogP contribution in [0.15, 0.2) is 53.9 Å². The lowest BCUT2D eigenvalue weighted by atomic mass is 10.2. The molecule has 4 rings (SSSR count). The van der Waals surface area contributed by atoms with Crippen molar-refractivity contribution in [2.24, 2.45) is 0 Å². The van der Waals surface area contributed by atoms with Gasteiger partial charge in [0.2, 0.25) is 0 Å². The van der Waals surface area contributed by atoms with Crippen LogP contribution in [0.4, 0.5) is 5.69 Å². The van der Waals surface area contributed by atoms with Crippen molar-refractivity contribution in [3.05, 3.63) is 59.6 Å². The van der Waals surface area contributed by atoms with Gasteiger partial charge < -0.3 is 14.4 Å². The number of benzene rings is 2. The van der Waals surface area contributed by atoms with E-state index in [0.29, 0.717) is 0 Å². The lowest BCUT2D eigenvalue weighted by Gasteiger charge is -2.23. The maximum absolute atomic E-state index is 5.33. The Morgan fingerprint density at radius 1 is 0.931 bits per heavy atom. The van der Waals surface area contributed by atoms with E-state index in [9.17, 15) is 0 Å². The molecule has 0 saturated carbocycles. The minimum Gasteiger partial charge on any atom is -0.497 e. The van der Waals surface area contributed by atoms with Crippen molar-refractivity contribution in [3.63, 3.8) is 0 Å². The topological polar surface area (TPSA) is 37.8 Å². The Hall–Kier alpha value is -2.57. The summed E-state index contributed by atoms with van der Waals surface area (Å²) >= 11 is 1.70. The van der Waals surface area contributed by atoms with E-state index in [1.807, 2.05) is 30.3 Å². The van der Waals surface area contributed by atoms with Gasteiger partial charge in [-0.2, -0.15) is 0 Å². The molecule has 6 heteroatoms. The van der Waals surface area contributed by atoms with Gasteiger partial charge in [-0.25, -0.2) is 4.98 Å². The molecule has 0 aliphatic carbocycles. The summed E-state index contributed by atoms with van der Waals surface area (Å²) in [4.78, 5) is 9.84. The molecule has 0 amide bonds. The molecule has 0 bridgehead atoms. The number of aromatic nitrogens is 1. The number of hydrogen-bond donors (Lipinski definition) is 0. The van der Waals surface area contributed by atoms with Crippen LogP contribution < -0.4 is 14.4 Å². The predicted molar refractivity (Wildman–Crippen MR) is 119 cm³/mol. The molecule has 0 atom stereocenters. The zero-order chi connectivity index (χ0) is 20.1. The van der Waals surface area contributed by atoms with Gasteiger partial charge in [0, 0.05) is 49.4 Å². The van der Waals surface area contributed by atoms with Gasteiger partial charge >= 0.3 is 0 Å². The predicted octanol–water partition coefficient (Wildman–Crippen LogP) is 4.54. The van der Waals surface area contributed by atoms with E-state index >= 15 is 0 Å². The van der Waals surface area contributed by atoms with Gasteiger partial charge in [0.25, 0.3) is 0 Å². The number of hydrogen-bond acceptors (Lipinski definition) is 6. The molecule has 29 heavy (non-hydrogen) atoms. The van der Waals surface area contributed by atoms with Gasteiger partial charge in [-0.15, -0.1) is 11.3 Å². The van der Waals surface area contributed by atoms with Gasteiger partial charge in [-0.3, -0.25) is 4.90 Å². The number of methoxy groups -OCH3 is 2. The van der Waals surface area contributed by atoms with Crippen LogP contribution in [-0.2, 0) is 6.54 Å². The third kappa shape index (κ3) is 4.89. The van der Waals surface area contributed by atoms with Gasteiger partial charge in [0.15, 0.2) is 0 Å². The first-order valence-corrected chi connectivity index (χ1v) is 10.8. The van der Waals surface area contributed by atoms with Crippen molar-refractivity contribution in [1.29, 1.82) is 0 Å². The molecule has 1 aromatic heterocycles. The second kappa shape index (κ2) is 9.29. The lowest BCUT2D eigenvalue weighted by molar-refractivity contribution is 0.282. The normalized spacial score (nSPS) is 15.2. The molecule has 1 aliphatic rings. The Bertz CT molecular complexity index is 926. The summed E-state index contributed by atoms with van der Waals surface area (Å²) in [5.41, 5.74) is 3.52. The highest BCUT2D eigenvalue weighted by atomic mass is 32.1. The molecule has 3 aromatic rings. The summed E-state index contributed by atoms with van der Waals surface area (Å²) in [6.07, 6.45) is 1.15. The first kappa shape index (κ1) is 19.7. The maximum Gasteiger partial charge on any atom is 0.123 e. The Morgan fingerprint density at radius 3 is 2.55 bits per heavy atom. The van der Waals surface area contributed by atoms with Gasteiger partial charge in [0.05, 0.1) is 19.9 Å². The van der Waals surface area contributed by atoms with Crippen molar-refractivity contribution in [1.82, 2.24) is 9.88 Å². The standard InChI is InChI=1S/C23H27N3O2S/c1-27-21-9-7-20(8-10-21)26-12-4-11-25(13-14-26)16-19-17-29-23(24-19)18-5-3-6-22(15-18)28-2/h3,5-10,15,17H,4,11-14,16H2,1-2H3. The number of rotatable bonds is 6. The van der Waals surface area contributed by atoms with Crippen LogP contribution in [0.5, 0.6) is 11.5 Å². The average molecular weight is 410 g/mol. The largest absolute Gasteiger partial charge is 0.497 e. The number of nitrogens with zero attached hydrogens (tertiary/aromatic N) is 3. The molecule has 2 aromatic carbocycles. The molecule has 0 unspecified atom stereocenters. The van der Waals surface area contributed by atoms with Crippen molar-refractivity contribution < 1.29 is 9.47 Å². The van der Waals surface area contributed by atoms with Crippen molar-refractivity contribution in [2.45, 2.75) is 13.0 Å². The lowest BCUT2D eigenvalue weighted by Crippen LogP contribution is -2.30. The van der Waals surface area contributed by atoms with E-state index in [0.717, 1.165) is 66.9 Å². The fourth-order valence-corrected chi connectivity index (χ4v) is 4.49. The first-order chi connectivity index (χ1) is 14.2. The average Bonchev–Trinajstić information content (AvgIpc) is 3.12. The molecule has 5 nitrogen and oxygen atoms in total. The Balaban J connectivity index is 1.37. The summed E-state index contributed by atoms with van der Waals surface area (Å²) < 4.78 is 10.6. The third-order valence-corrected chi connectivity index (χ3v) is 6.22. The SMILES string of the molecule is COc1ccc(N2CCCN(Cc3csc(-c4cccc(OC)c4)n3)CC2)cc1. The second-order valence-corrected chi connectivity index (χ2v) is 8.05. The zero-order valence-corrected chi connectivity index (χ0v) is 17.8. The van der Waals surface area contributed by atoms with E-state index in [-0.39, 0.29) is 0 Å². The summed E-state index contributed by atoms with van der Waals surface area (Å²) in [7, 11) is 3.40. The van der Waals surface area contributed by atoms with E-state index in [4.69, 9.17) is 14.5 Å². The van der Waals surface area contributed by atoms with Gasteiger partial charge in [-0.1, -0.05) is 12.1 Å². The minimum atomic E-state index is 0.866. The summed E-state index contributed by atoms with van der Waals surface area (Å²) in [6.45, 7) is 5.14. The highest BCUT2D eigenvalue weighted by Gasteiger charge is 2.17. The maximum atomic E-state index is 5.33. The monoisotopic (exact) mass is 409 g/mol. The highest BCUT2D eigenvalue weighted by Crippen LogP contribution is 2.27. The number of thiazole rings is 1. The van der Waals surface area contributed by atoms with Crippen molar-refractivity contribution in [2.75, 3.05) is 45.3 Å². The second-order valence-electron chi connectivity index (χ2n) is 7.19. The Morgan fingerprint density at radius 2 is 1.76 bits per heavy atom. The van der Waals surface area contributed by atoms with E-state index < -0.39 is 0 Å². The quantitative estimate of drug-likeness (QED) is 0.598. The molecule has 0 N–H and O–H groups in total. The molecule has 0 spiro atoms. The van der Waals surface area contributed by atoms with E-state index in [1.165, 1.54) is 5.69 Å². The summed E-state index contributed by atoms with van der Waals surface area (Å²) in [5, 5.41) is 3.23. The Labute approximate surface area is 176 Å². The third-order valence-electron chi connectivity index (χ3n) is 5.28. The molecule has 1 aliphatic heterocycles. The van der Waals surface area contributed by atoms with Crippen LogP contribution in [0.3, 0.4) is 0 Å². The van der Waals surface area contributed by atoms with E-state index in [2.05, 4.69) is 33.4 Å². The van der Waals surface area contributed by atoms with Crippen LogP contribution >= 0.6 is 11.3 Å². The van der Waals surface area contributed by atoms with Crippen LogP contribution in [-0.4, -0.2) is 50.3 Å². The molecular weight excluding hydrogens is 382 g/mol. The molecule has 2 heterocycles. The minimum absolute atomic E-state index is 0.866. The zero-order valence-electron chi connectivity index (χ0n) is 17.0. The van der Waals surface area contributed by atoms with E-state index in [1.54, 1.807) is 25.6 Å². The smallest absolute Gasteiger partial charge is 0.123 e. The molecule has 0 radical (unpaired) electrons. The molecule has 1 fully saturated rings. The fourth-order valence-electron chi connectivity index (χ4n) is 3.68. The molecule has 152 valence electrons. The first-order valence-electron chi connectivity index (χ1n) is 9.95.